The zero-order valence-electron chi connectivity index (χ0n) is 34.5. The Kier molecular flexibility index (Phi) is 12.0. The minimum atomic E-state index is -0.635. The molecule has 0 saturated carbocycles. The number of anilines is 1. The van der Waals surface area contributed by atoms with Gasteiger partial charge in [-0.3, -0.25) is 39.1 Å². The number of halogens is 2. The van der Waals surface area contributed by atoms with Crippen molar-refractivity contribution in [2.45, 2.75) is 76.5 Å². The summed E-state index contributed by atoms with van der Waals surface area (Å²) in [6.07, 6.45) is 10.5. The number of piperidine rings is 2. The van der Waals surface area contributed by atoms with E-state index in [-0.39, 0.29) is 42.3 Å². The van der Waals surface area contributed by atoms with E-state index in [0.29, 0.717) is 98.7 Å². The van der Waals surface area contributed by atoms with Crippen LogP contribution >= 0.6 is 0 Å². The molecule has 5 aromatic rings. The Bertz CT molecular complexity index is 2490. The third kappa shape index (κ3) is 8.79. The average Bonchev–Trinajstić information content (AvgIpc) is 3.91. The van der Waals surface area contributed by atoms with Crippen LogP contribution in [-0.2, 0) is 32.2 Å². The number of unbranched alkanes of at least 4 members (excludes halogenated alkanes) is 2. The number of rotatable bonds is 13. The van der Waals surface area contributed by atoms with Crippen LogP contribution in [0.15, 0.2) is 67.1 Å². The van der Waals surface area contributed by atoms with Crippen LogP contribution in [0.5, 0.6) is 0 Å². The number of benzene rings is 3. The van der Waals surface area contributed by atoms with E-state index in [0.717, 1.165) is 48.9 Å². The SMILES string of the molecule is O=C1CCC(N2Cc3ccc(NCCCCCC(=O)N4CCC(n5cc(-c6cnc7cccc(-c8cc(F)c(CN9CCOCC9)c(F)c8)c7n6)cn5)CC4)cc3C2=O)C(=O)N1. The predicted octanol–water partition coefficient (Wildman–Crippen LogP) is 5.87. The van der Waals surface area contributed by atoms with Gasteiger partial charge >= 0.3 is 0 Å². The number of aromatic nitrogens is 4. The first-order valence-corrected chi connectivity index (χ1v) is 21.6. The number of carbonyl (C=O) groups is 4. The maximum atomic E-state index is 15.4. The average molecular weight is 846 g/mol. The van der Waals surface area contributed by atoms with Gasteiger partial charge < -0.3 is 19.9 Å². The summed E-state index contributed by atoms with van der Waals surface area (Å²) in [5.74, 6) is -1.95. The molecule has 2 aromatic heterocycles. The van der Waals surface area contributed by atoms with Crippen molar-refractivity contribution in [3.63, 3.8) is 0 Å². The van der Waals surface area contributed by atoms with Crippen molar-refractivity contribution in [1.82, 2.24) is 39.8 Å². The second-order valence-corrected chi connectivity index (χ2v) is 16.6. The number of hydrogen-bond acceptors (Lipinski definition) is 10. The monoisotopic (exact) mass is 845 g/mol. The lowest BCUT2D eigenvalue weighted by atomic mass is 10.0. The number of nitrogens with one attached hydrogen (secondary N) is 2. The lowest BCUT2D eigenvalue weighted by Crippen LogP contribution is -2.52. The van der Waals surface area contributed by atoms with Crippen molar-refractivity contribution >= 4 is 40.3 Å². The van der Waals surface area contributed by atoms with Crippen LogP contribution in [0.25, 0.3) is 33.4 Å². The lowest BCUT2D eigenvalue weighted by Gasteiger charge is -2.32. The third-order valence-electron chi connectivity index (χ3n) is 12.5. The number of likely N-dealkylation sites (tertiary alicyclic amines) is 1. The first kappa shape index (κ1) is 41.2. The Morgan fingerprint density at radius 2 is 1.69 bits per heavy atom. The quantitative estimate of drug-likeness (QED) is 0.109. The van der Waals surface area contributed by atoms with Crippen molar-refractivity contribution < 1.29 is 32.7 Å². The molecule has 6 heterocycles. The number of carbonyl (C=O) groups excluding carboxylic acids is 4. The number of fused-ring (bicyclic) bond motifs is 2. The van der Waals surface area contributed by atoms with Crippen molar-refractivity contribution in [1.29, 1.82) is 0 Å². The molecule has 4 amide bonds. The number of ether oxygens (including phenoxy) is 1. The van der Waals surface area contributed by atoms with E-state index in [9.17, 15) is 19.2 Å². The zero-order chi connectivity index (χ0) is 42.7. The molecule has 62 heavy (non-hydrogen) atoms. The van der Waals surface area contributed by atoms with E-state index in [1.54, 1.807) is 23.4 Å². The van der Waals surface area contributed by atoms with Gasteiger partial charge in [-0.15, -0.1) is 0 Å². The third-order valence-corrected chi connectivity index (χ3v) is 12.5. The second-order valence-electron chi connectivity index (χ2n) is 16.6. The maximum absolute atomic E-state index is 15.4. The molecule has 0 aliphatic carbocycles. The summed E-state index contributed by atoms with van der Waals surface area (Å²) in [5.41, 5.74) is 5.84. The van der Waals surface area contributed by atoms with Crippen molar-refractivity contribution in [3.05, 3.63) is 95.4 Å². The largest absolute Gasteiger partial charge is 0.385 e. The molecule has 0 spiro atoms. The summed E-state index contributed by atoms with van der Waals surface area (Å²) in [4.78, 5) is 65.2. The molecule has 9 rings (SSSR count). The first-order valence-electron chi connectivity index (χ1n) is 21.6. The van der Waals surface area contributed by atoms with Gasteiger partial charge in [0.1, 0.15) is 17.7 Å². The minimum Gasteiger partial charge on any atom is -0.385 e. The topological polar surface area (TPSA) is 155 Å². The lowest BCUT2D eigenvalue weighted by molar-refractivity contribution is -0.137. The minimum absolute atomic E-state index is 0.0454. The summed E-state index contributed by atoms with van der Waals surface area (Å²) < 4.78 is 38.1. The summed E-state index contributed by atoms with van der Waals surface area (Å²) >= 11 is 0. The van der Waals surface area contributed by atoms with E-state index in [1.807, 2.05) is 51.0 Å². The van der Waals surface area contributed by atoms with E-state index < -0.39 is 23.6 Å². The van der Waals surface area contributed by atoms with Gasteiger partial charge in [-0.2, -0.15) is 5.10 Å². The van der Waals surface area contributed by atoms with Crippen molar-refractivity contribution in [2.75, 3.05) is 51.3 Å². The first-order chi connectivity index (χ1) is 30.2. The van der Waals surface area contributed by atoms with Gasteiger partial charge in [0.15, 0.2) is 0 Å². The molecule has 3 fully saturated rings. The molecule has 2 N–H and O–H groups in total. The highest BCUT2D eigenvalue weighted by atomic mass is 19.1. The number of imide groups is 1. The Morgan fingerprint density at radius 3 is 2.48 bits per heavy atom. The number of amides is 4. The molecule has 3 aromatic carbocycles. The maximum Gasteiger partial charge on any atom is 0.255 e. The van der Waals surface area contributed by atoms with Crippen LogP contribution in [0, 0.1) is 11.6 Å². The van der Waals surface area contributed by atoms with E-state index >= 15 is 8.78 Å². The van der Waals surface area contributed by atoms with Gasteiger partial charge in [-0.05, 0) is 73.6 Å². The van der Waals surface area contributed by atoms with Crippen LogP contribution in [0.4, 0.5) is 14.5 Å². The fourth-order valence-corrected chi connectivity index (χ4v) is 8.98. The molecular formula is C46H49F2N9O5. The number of nitrogens with zero attached hydrogens (tertiary/aromatic N) is 7. The van der Waals surface area contributed by atoms with Gasteiger partial charge in [0.05, 0.1) is 48.4 Å². The summed E-state index contributed by atoms with van der Waals surface area (Å²) in [6, 6.07) is 13.4. The molecule has 1 atom stereocenters. The molecule has 3 saturated heterocycles. The molecule has 0 bridgehead atoms. The van der Waals surface area contributed by atoms with E-state index in [4.69, 9.17) is 9.72 Å². The standard InChI is InChI=1S/C46H49F2N9O5/c47-37-21-30(22-38(48)36(37)28-54-17-19-62-20-18-54)34-5-4-6-39-44(34)52-40(25-50-39)31-24-51-57(27-31)33-12-15-55(16-13-33)43(59)7-2-1-3-14-49-32-9-8-29-26-56(46(61)35(29)23-32)41-10-11-42(58)53-45(41)60/h4-6,8-9,21-25,27,33,41,49H,1-3,7,10-20,26,28H2,(H,53,58,60). The number of para-hydroxylation sites is 1. The van der Waals surface area contributed by atoms with Gasteiger partial charge in [-0.1, -0.05) is 24.6 Å². The van der Waals surface area contributed by atoms with E-state index in [1.165, 1.54) is 12.1 Å². The number of hydrogen-bond donors (Lipinski definition) is 2. The molecule has 4 aliphatic rings. The Hall–Kier alpha value is -6.13. The molecule has 1 unspecified atom stereocenters. The highest BCUT2D eigenvalue weighted by Gasteiger charge is 2.39. The molecule has 0 radical (unpaired) electrons. The summed E-state index contributed by atoms with van der Waals surface area (Å²) in [7, 11) is 0. The van der Waals surface area contributed by atoms with Gasteiger partial charge in [-0.25, -0.2) is 13.8 Å². The van der Waals surface area contributed by atoms with Crippen LogP contribution in [0.2, 0.25) is 0 Å². The van der Waals surface area contributed by atoms with Gasteiger partial charge in [0.25, 0.3) is 5.91 Å². The predicted molar refractivity (Wildman–Crippen MR) is 227 cm³/mol. The fraction of sp³-hybridized carbons (Fsp3) is 0.413. The summed E-state index contributed by atoms with van der Waals surface area (Å²) in [6.45, 7) is 4.88. The molecule has 16 heteroatoms. The highest BCUT2D eigenvalue weighted by molar-refractivity contribution is 6.05. The van der Waals surface area contributed by atoms with Crippen LogP contribution in [0.3, 0.4) is 0 Å². The smallest absolute Gasteiger partial charge is 0.255 e. The Labute approximate surface area is 357 Å². The normalized spacial score (nSPS) is 18.7. The highest BCUT2D eigenvalue weighted by Crippen LogP contribution is 2.33. The number of morpholine rings is 1. The second kappa shape index (κ2) is 18.1. The molecule has 322 valence electrons. The van der Waals surface area contributed by atoms with Crippen molar-refractivity contribution in [3.8, 4) is 22.4 Å². The zero-order valence-corrected chi connectivity index (χ0v) is 34.5. The van der Waals surface area contributed by atoms with E-state index in [2.05, 4.69) is 20.7 Å². The van der Waals surface area contributed by atoms with Gasteiger partial charge in [0.2, 0.25) is 17.7 Å². The molecular weight excluding hydrogens is 797 g/mol. The van der Waals surface area contributed by atoms with Crippen molar-refractivity contribution in [2.24, 2.45) is 0 Å². The van der Waals surface area contributed by atoms with Gasteiger partial charge in [0, 0.05) is 92.8 Å². The van der Waals surface area contributed by atoms with Crippen LogP contribution in [-0.4, -0.2) is 110 Å². The molecule has 14 nitrogen and oxygen atoms in total. The Morgan fingerprint density at radius 1 is 0.887 bits per heavy atom. The fourth-order valence-electron chi connectivity index (χ4n) is 8.98. The Balaban J connectivity index is 0.735. The van der Waals surface area contributed by atoms with Crippen LogP contribution < -0.4 is 10.6 Å². The van der Waals surface area contributed by atoms with Crippen LogP contribution in [0.1, 0.15) is 78.9 Å². The molecule has 4 aliphatic heterocycles. The summed E-state index contributed by atoms with van der Waals surface area (Å²) in [5, 5.41) is 10.4.